The highest BCUT2D eigenvalue weighted by Crippen LogP contribution is 2.28. The van der Waals surface area contributed by atoms with Gasteiger partial charge < -0.3 is 15.0 Å². The van der Waals surface area contributed by atoms with Gasteiger partial charge >= 0.3 is 6.61 Å². The van der Waals surface area contributed by atoms with Gasteiger partial charge in [0.25, 0.3) is 0 Å². The van der Waals surface area contributed by atoms with Crippen LogP contribution in [0.3, 0.4) is 0 Å². The second kappa shape index (κ2) is 8.28. The van der Waals surface area contributed by atoms with Crippen molar-refractivity contribution in [3.63, 3.8) is 0 Å². The zero-order valence-corrected chi connectivity index (χ0v) is 14.5. The summed E-state index contributed by atoms with van der Waals surface area (Å²) in [5.41, 5.74) is 0.581. The third-order valence-corrected chi connectivity index (χ3v) is 4.31. The zero-order valence-electron chi connectivity index (χ0n) is 14.5. The number of ether oxygens (including phenoxy) is 1. The number of anilines is 1. The second-order valence-corrected chi connectivity index (χ2v) is 6.24. The lowest BCUT2D eigenvalue weighted by Crippen LogP contribution is -2.32. The van der Waals surface area contributed by atoms with E-state index in [0.717, 1.165) is 17.0 Å². The van der Waals surface area contributed by atoms with E-state index in [2.05, 4.69) is 10.1 Å². The Kier molecular flexibility index (Phi) is 5.81. The molecule has 148 valence electrons. The Labute approximate surface area is 157 Å². The molecular weight excluding hydrogens is 380 g/mol. The number of nitrogens with zero attached hydrogens (tertiary/aromatic N) is 1. The maximum atomic E-state index is 13.9. The van der Waals surface area contributed by atoms with Gasteiger partial charge in [-0.3, -0.25) is 9.59 Å². The van der Waals surface area contributed by atoms with Crippen LogP contribution in [0.15, 0.2) is 42.5 Å². The van der Waals surface area contributed by atoms with E-state index < -0.39 is 36.0 Å². The molecule has 2 amide bonds. The van der Waals surface area contributed by atoms with Gasteiger partial charge in [0.2, 0.25) is 11.8 Å². The molecular formula is C19H16F4N2O3. The molecule has 1 aliphatic rings. The Morgan fingerprint density at radius 1 is 1.18 bits per heavy atom. The van der Waals surface area contributed by atoms with Crippen LogP contribution in [0.1, 0.15) is 12.0 Å². The molecule has 28 heavy (non-hydrogen) atoms. The van der Waals surface area contributed by atoms with Crippen LogP contribution in [-0.2, 0) is 16.1 Å². The molecule has 1 fully saturated rings. The van der Waals surface area contributed by atoms with E-state index in [9.17, 15) is 27.2 Å². The maximum Gasteiger partial charge on any atom is 0.387 e. The first-order valence-electron chi connectivity index (χ1n) is 8.40. The first-order chi connectivity index (χ1) is 13.3. The number of nitrogens with one attached hydrogen (secondary N) is 1. The highest BCUT2D eigenvalue weighted by Gasteiger charge is 2.36. The molecule has 1 saturated heterocycles. The predicted octanol–water partition coefficient (Wildman–Crippen LogP) is 3.24. The number of halogens is 4. The summed E-state index contributed by atoms with van der Waals surface area (Å²) in [6, 6.07) is 8.64. The first-order valence-corrected chi connectivity index (χ1v) is 8.40. The fourth-order valence-electron chi connectivity index (χ4n) is 2.94. The third-order valence-electron chi connectivity index (χ3n) is 4.31. The molecule has 1 N–H and O–H groups in total. The number of hydrogen-bond donors (Lipinski definition) is 1. The van der Waals surface area contributed by atoms with Crippen molar-refractivity contribution in [1.29, 1.82) is 0 Å². The van der Waals surface area contributed by atoms with Crippen molar-refractivity contribution in [1.82, 2.24) is 5.32 Å². The van der Waals surface area contributed by atoms with Gasteiger partial charge in [0, 0.05) is 25.6 Å². The highest BCUT2D eigenvalue weighted by molar-refractivity contribution is 6.00. The molecule has 0 aliphatic carbocycles. The van der Waals surface area contributed by atoms with E-state index in [1.165, 1.54) is 24.3 Å². The minimum absolute atomic E-state index is 0.00318. The number of carbonyl (C=O) groups is 2. The molecule has 0 saturated carbocycles. The number of benzene rings is 2. The summed E-state index contributed by atoms with van der Waals surface area (Å²) >= 11 is 0. The lowest BCUT2D eigenvalue weighted by atomic mass is 10.1. The SMILES string of the molecule is O=C(NCc1ccc(OC(F)F)cc1)C1CC(=O)N(c2ccc(F)cc2F)C1. The van der Waals surface area contributed by atoms with Crippen LogP contribution >= 0.6 is 0 Å². The molecule has 1 aliphatic heterocycles. The molecule has 5 nitrogen and oxygen atoms in total. The van der Waals surface area contributed by atoms with Crippen LogP contribution < -0.4 is 15.0 Å². The summed E-state index contributed by atoms with van der Waals surface area (Å²) in [4.78, 5) is 25.6. The van der Waals surface area contributed by atoms with Crippen molar-refractivity contribution < 1.29 is 31.9 Å². The first kappa shape index (κ1) is 19.7. The largest absolute Gasteiger partial charge is 0.435 e. The Morgan fingerprint density at radius 3 is 2.54 bits per heavy atom. The predicted molar refractivity (Wildman–Crippen MR) is 91.7 cm³/mol. The van der Waals surface area contributed by atoms with Gasteiger partial charge in [0.1, 0.15) is 17.4 Å². The second-order valence-electron chi connectivity index (χ2n) is 6.24. The van der Waals surface area contributed by atoms with Gasteiger partial charge in [0.05, 0.1) is 11.6 Å². The summed E-state index contributed by atoms with van der Waals surface area (Å²) in [7, 11) is 0. The summed E-state index contributed by atoms with van der Waals surface area (Å²) in [5, 5.41) is 2.66. The number of amides is 2. The van der Waals surface area contributed by atoms with E-state index in [1.807, 2.05) is 0 Å². The molecule has 2 aromatic carbocycles. The normalized spacial score (nSPS) is 16.5. The lowest BCUT2D eigenvalue weighted by Gasteiger charge is -2.17. The quantitative estimate of drug-likeness (QED) is 0.763. The monoisotopic (exact) mass is 396 g/mol. The van der Waals surface area contributed by atoms with Gasteiger partial charge in [-0.05, 0) is 29.8 Å². The van der Waals surface area contributed by atoms with Crippen LogP contribution in [0.4, 0.5) is 23.2 Å². The molecule has 2 aromatic rings. The van der Waals surface area contributed by atoms with Crippen molar-refractivity contribution in [3.8, 4) is 5.75 Å². The van der Waals surface area contributed by atoms with Gasteiger partial charge in [0.15, 0.2) is 0 Å². The number of alkyl halides is 2. The minimum Gasteiger partial charge on any atom is -0.435 e. The minimum atomic E-state index is -2.92. The van der Waals surface area contributed by atoms with Crippen LogP contribution in [0, 0.1) is 17.6 Å². The van der Waals surface area contributed by atoms with E-state index in [-0.39, 0.29) is 30.9 Å². The maximum absolute atomic E-state index is 13.9. The fourth-order valence-corrected chi connectivity index (χ4v) is 2.94. The van der Waals surface area contributed by atoms with Crippen molar-refractivity contribution in [3.05, 3.63) is 59.7 Å². The summed E-state index contributed by atoms with van der Waals surface area (Å²) in [6.45, 7) is -2.81. The average molecular weight is 396 g/mol. The Hall–Kier alpha value is -3.10. The van der Waals surface area contributed by atoms with Crippen LogP contribution in [0.5, 0.6) is 5.75 Å². The number of hydrogen-bond acceptors (Lipinski definition) is 3. The van der Waals surface area contributed by atoms with Gasteiger partial charge in [-0.2, -0.15) is 8.78 Å². The molecule has 3 rings (SSSR count). The standard InChI is InChI=1S/C19H16F4N2O3/c20-13-3-6-16(15(21)8-13)25-10-12(7-17(25)26)18(27)24-9-11-1-4-14(5-2-11)28-19(22)23/h1-6,8,12,19H,7,9-10H2,(H,24,27). The molecule has 1 heterocycles. The molecule has 0 spiro atoms. The Balaban J connectivity index is 1.57. The summed E-state index contributed by atoms with van der Waals surface area (Å²) < 4.78 is 55.4. The number of rotatable bonds is 6. The van der Waals surface area contributed by atoms with Crippen LogP contribution in [-0.4, -0.2) is 25.0 Å². The van der Waals surface area contributed by atoms with E-state index in [4.69, 9.17) is 0 Å². The van der Waals surface area contributed by atoms with E-state index in [0.29, 0.717) is 11.6 Å². The Morgan fingerprint density at radius 2 is 1.89 bits per heavy atom. The molecule has 1 unspecified atom stereocenters. The third kappa shape index (κ3) is 4.59. The van der Waals surface area contributed by atoms with Crippen molar-refractivity contribution >= 4 is 17.5 Å². The molecule has 0 radical (unpaired) electrons. The van der Waals surface area contributed by atoms with Gasteiger partial charge in [-0.15, -0.1) is 0 Å². The Bertz CT molecular complexity index is 874. The topological polar surface area (TPSA) is 58.6 Å². The fraction of sp³-hybridized carbons (Fsp3) is 0.263. The molecule has 0 aromatic heterocycles. The average Bonchev–Trinajstić information content (AvgIpc) is 3.02. The lowest BCUT2D eigenvalue weighted by molar-refractivity contribution is -0.126. The number of carbonyl (C=O) groups excluding carboxylic acids is 2. The van der Waals surface area contributed by atoms with Gasteiger partial charge in [-0.25, -0.2) is 8.78 Å². The summed E-state index contributed by atoms with van der Waals surface area (Å²) in [6.07, 6.45) is -0.0934. The van der Waals surface area contributed by atoms with Gasteiger partial charge in [-0.1, -0.05) is 12.1 Å². The van der Waals surface area contributed by atoms with Crippen LogP contribution in [0.25, 0.3) is 0 Å². The molecule has 9 heteroatoms. The molecule has 1 atom stereocenters. The van der Waals surface area contributed by atoms with Crippen molar-refractivity contribution in [2.75, 3.05) is 11.4 Å². The van der Waals surface area contributed by atoms with Crippen molar-refractivity contribution in [2.45, 2.75) is 19.6 Å². The smallest absolute Gasteiger partial charge is 0.387 e. The summed E-state index contributed by atoms with van der Waals surface area (Å²) in [5.74, 6) is -3.14. The van der Waals surface area contributed by atoms with Crippen LogP contribution in [0.2, 0.25) is 0 Å². The highest BCUT2D eigenvalue weighted by atomic mass is 19.3. The van der Waals surface area contributed by atoms with E-state index >= 15 is 0 Å². The van der Waals surface area contributed by atoms with E-state index in [1.54, 1.807) is 0 Å². The zero-order chi connectivity index (χ0) is 20.3. The molecule has 0 bridgehead atoms. The van der Waals surface area contributed by atoms with Crippen molar-refractivity contribution in [2.24, 2.45) is 5.92 Å².